The molecular formula is C6H11ClO3. The highest BCUT2D eigenvalue weighted by Crippen LogP contribution is 2.07. The normalized spacial score (nSPS) is 13.2. The molecule has 0 saturated carbocycles. The van der Waals surface area contributed by atoms with Gasteiger partial charge in [0.2, 0.25) is 0 Å². The molecule has 0 rings (SSSR count). The lowest BCUT2D eigenvalue weighted by Crippen LogP contribution is -2.24. The molecule has 0 aromatic heterocycles. The van der Waals surface area contributed by atoms with Crippen molar-refractivity contribution in [2.24, 2.45) is 5.92 Å². The second kappa shape index (κ2) is 4.39. The van der Waals surface area contributed by atoms with Gasteiger partial charge in [-0.15, -0.1) is 11.6 Å². The first-order valence-electron chi connectivity index (χ1n) is 3.03. The Labute approximate surface area is 64.9 Å². The second-order valence-electron chi connectivity index (χ2n) is 2.32. The van der Waals surface area contributed by atoms with Gasteiger partial charge in [0.15, 0.2) is 0 Å². The van der Waals surface area contributed by atoms with Crippen LogP contribution in [0.2, 0.25) is 0 Å². The number of rotatable bonds is 3. The summed E-state index contributed by atoms with van der Waals surface area (Å²) in [4.78, 5) is 9.99. The van der Waals surface area contributed by atoms with E-state index >= 15 is 0 Å². The maximum atomic E-state index is 9.99. The SMILES string of the molecule is CC(C)C(CCl)OC(=O)O. The highest BCUT2D eigenvalue weighted by atomic mass is 35.5. The smallest absolute Gasteiger partial charge is 0.450 e. The molecule has 4 heteroatoms. The van der Waals surface area contributed by atoms with Crippen LogP contribution >= 0.6 is 11.6 Å². The maximum absolute atomic E-state index is 9.99. The molecule has 0 aliphatic carbocycles. The van der Waals surface area contributed by atoms with Crippen LogP contribution < -0.4 is 0 Å². The topological polar surface area (TPSA) is 46.5 Å². The molecule has 0 aromatic rings. The van der Waals surface area contributed by atoms with Gasteiger partial charge < -0.3 is 9.84 Å². The molecule has 0 bridgehead atoms. The van der Waals surface area contributed by atoms with E-state index in [1.807, 2.05) is 13.8 Å². The van der Waals surface area contributed by atoms with Crippen LogP contribution in [-0.4, -0.2) is 23.2 Å². The van der Waals surface area contributed by atoms with E-state index in [1.54, 1.807) is 0 Å². The molecule has 0 fully saturated rings. The minimum Gasteiger partial charge on any atom is -0.450 e. The molecule has 60 valence electrons. The first kappa shape index (κ1) is 9.56. The van der Waals surface area contributed by atoms with Gasteiger partial charge in [0.25, 0.3) is 0 Å². The standard InChI is InChI=1S/C6H11ClO3/c1-4(2)5(3-7)10-6(8)9/h4-5H,3H2,1-2H3,(H,8,9). The Kier molecular flexibility index (Phi) is 4.19. The van der Waals surface area contributed by atoms with Crippen LogP contribution in [0.1, 0.15) is 13.8 Å². The molecule has 0 spiro atoms. The van der Waals surface area contributed by atoms with Crippen molar-refractivity contribution in [1.82, 2.24) is 0 Å². The zero-order valence-electron chi connectivity index (χ0n) is 6.00. The van der Waals surface area contributed by atoms with Gasteiger partial charge in [-0.05, 0) is 5.92 Å². The number of hydrogen-bond donors (Lipinski definition) is 1. The summed E-state index contributed by atoms with van der Waals surface area (Å²) >= 11 is 5.42. The van der Waals surface area contributed by atoms with Crippen molar-refractivity contribution in [2.45, 2.75) is 20.0 Å². The van der Waals surface area contributed by atoms with E-state index in [0.717, 1.165) is 0 Å². The van der Waals surface area contributed by atoms with Crippen LogP contribution in [0.3, 0.4) is 0 Å². The molecule has 1 unspecified atom stereocenters. The van der Waals surface area contributed by atoms with Crippen molar-refractivity contribution in [2.75, 3.05) is 5.88 Å². The quantitative estimate of drug-likeness (QED) is 0.515. The summed E-state index contributed by atoms with van der Waals surface area (Å²) < 4.78 is 4.45. The van der Waals surface area contributed by atoms with E-state index in [4.69, 9.17) is 16.7 Å². The predicted octanol–water partition coefficient (Wildman–Crippen LogP) is 1.94. The van der Waals surface area contributed by atoms with E-state index in [2.05, 4.69) is 4.74 Å². The van der Waals surface area contributed by atoms with Gasteiger partial charge in [-0.2, -0.15) is 0 Å². The Balaban J connectivity index is 3.71. The third kappa shape index (κ3) is 3.56. The van der Waals surface area contributed by atoms with Crippen LogP contribution in [0.25, 0.3) is 0 Å². The van der Waals surface area contributed by atoms with Crippen LogP contribution in [-0.2, 0) is 4.74 Å². The van der Waals surface area contributed by atoms with Gasteiger partial charge >= 0.3 is 6.16 Å². The molecule has 1 N–H and O–H groups in total. The summed E-state index contributed by atoms with van der Waals surface area (Å²) in [7, 11) is 0. The number of carboxylic acid groups (broad SMARTS) is 1. The summed E-state index contributed by atoms with van der Waals surface area (Å²) in [6.45, 7) is 3.71. The van der Waals surface area contributed by atoms with Crippen molar-refractivity contribution in [3.8, 4) is 0 Å². The Morgan fingerprint density at radius 2 is 2.20 bits per heavy atom. The van der Waals surface area contributed by atoms with Crippen LogP contribution in [0.15, 0.2) is 0 Å². The minimum absolute atomic E-state index is 0.133. The van der Waals surface area contributed by atoms with Gasteiger partial charge in [0.05, 0.1) is 5.88 Å². The molecule has 0 radical (unpaired) electrons. The fourth-order valence-electron chi connectivity index (χ4n) is 0.475. The molecule has 0 amide bonds. The first-order valence-corrected chi connectivity index (χ1v) is 3.57. The second-order valence-corrected chi connectivity index (χ2v) is 2.63. The summed E-state index contributed by atoms with van der Waals surface area (Å²) in [6, 6.07) is 0. The molecule has 0 heterocycles. The lowest BCUT2D eigenvalue weighted by molar-refractivity contribution is 0.0420. The molecule has 10 heavy (non-hydrogen) atoms. The van der Waals surface area contributed by atoms with E-state index in [9.17, 15) is 4.79 Å². The third-order valence-corrected chi connectivity index (χ3v) is 1.45. The number of ether oxygens (including phenoxy) is 1. The van der Waals surface area contributed by atoms with Crippen molar-refractivity contribution in [3.63, 3.8) is 0 Å². The van der Waals surface area contributed by atoms with E-state index < -0.39 is 6.16 Å². The van der Waals surface area contributed by atoms with Gasteiger partial charge in [-0.1, -0.05) is 13.8 Å². The summed E-state index contributed by atoms with van der Waals surface area (Å²) in [5.74, 6) is 0.345. The monoisotopic (exact) mass is 166 g/mol. The Morgan fingerprint density at radius 1 is 1.70 bits per heavy atom. The van der Waals surface area contributed by atoms with Crippen molar-refractivity contribution in [1.29, 1.82) is 0 Å². The highest BCUT2D eigenvalue weighted by Gasteiger charge is 2.15. The molecule has 3 nitrogen and oxygen atoms in total. The predicted molar refractivity (Wildman–Crippen MR) is 38.5 cm³/mol. The Hall–Kier alpha value is -0.440. The molecule has 0 aliphatic rings. The zero-order valence-corrected chi connectivity index (χ0v) is 6.76. The summed E-state index contributed by atoms with van der Waals surface area (Å²) in [5.41, 5.74) is 0. The Bertz CT molecular complexity index is 114. The van der Waals surface area contributed by atoms with Crippen molar-refractivity contribution in [3.05, 3.63) is 0 Å². The lowest BCUT2D eigenvalue weighted by Gasteiger charge is -2.15. The van der Waals surface area contributed by atoms with Crippen LogP contribution in [0.4, 0.5) is 4.79 Å². The fourth-order valence-corrected chi connectivity index (χ4v) is 0.895. The number of alkyl halides is 1. The minimum atomic E-state index is -1.26. The van der Waals surface area contributed by atoms with E-state index in [0.29, 0.717) is 0 Å². The maximum Gasteiger partial charge on any atom is 0.506 e. The molecule has 0 saturated heterocycles. The van der Waals surface area contributed by atoms with Crippen molar-refractivity contribution < 1.29 is 14.6 Å². The van der Waals surface area contributed by atoms with Crippen molar-refractivity contribution >= 4 is 17.8 Å². The van der Waals surface area contributed by atoms with Gasteiger partial charge in [-0.3, -0.25) is 0 Å². The fraction of sp³-hybridized carbons (Fsp3) is 0.833. The van der Waals surface area contributed by atoms with Crippen LogP contribution in [0.5, 0.6) is 0 Å². The molecule has 0 aromatic carbocycles. The molecule has 0 aliphatic heterocycles. The number of halogens is 1. The van der Waals surface area contributed by atoms with Crippen LogP contribution in [0, 0.1) is 5.92 Å². The lowest BCUT2D eigenvalue weighted by atomic mass is 10.1. The van der Waals surface area contributed by atoms with Gasteiger partial charge in [0.1, 0.15) is 6.10 Å². The average Bonchev–Trinajstić information content (AvgIpc) is 1.81. The number of carbonyl (C=O) groups is 1. The Morgan fingerprint density at radius 3 is 2.30 bits per heavy atom. The van der Waals surface area contributed by atoms with E-state index in [-0.39, 0.29) is 17.9 Å². The third-order valence-electron chi connectivity index (χ3n) is 1.15. The van der Waals surface area contributed by atoms with Gasteiger partial charge in [-0.25, -0.2) is 4.79 Å². The summed E-state index contributed by atoms with van der Waals surface area (Å²) in [5, 5.41) is 8.18. The largest absolute Gasteiger partial charge is 0.506 e. The first-order chi connectivity index (χ1) is 4.57. The zero-order chi connectivity index (χ0) is 8.15. The summed E-state index contributed by atoms with van der Waals surface area (Å²) in [6.07, 6.45) is -1.65. The number of hydrogen-bond acceptors (Lipinski definition) is 2. The molecular weight excluding hydrogens is 156 g/mol. The molecule has 1 atom stereocenters. The van der Waals surface area contributed by atoms with Gasteiger partial charge in [0, 0.05) is 0 Å². The highest BCUT2D eigenvalue weighted by molar-refractivity contribution is 6.18. The average molecular weight is 167 g/mol. The van der Waals surface area contributed by atoms with E-state index in [1.165, 1.54) is 0 Å².